The van der Waals surface area contributed by atoms with Crippen molar-refractivity contribution in [3.63, 3.8) is 0 Å². The topological polar surface area (TPSA) is 101 Å². The van der Waals surface area contributed by atoms with Crippen molar-refractivity contribution in [1.82, 2.24) is 5.32 Å². The van der Waals surface area contributed by atoms with Gasteiger partial charge in [-0.25, -0.2) is 12.8 Å². The van der Waals surface area contributed by atoms with E-state index in [1.807, 2.05) is 0 Å². The zero-order valence-corrected chi connectivity index (χ0v) is 14.1. The molecule has 2 N–H and O–H groups in total. The molecule has 0 saturated heterocycles. The van der Waals surface area contributed by atoms with Crippen LogP contribution in [0, 0.1) is 5.82 Å². The summed E-state index contributed by atoms with van der Waals surface area (Å²) in [7, 11) is -3.62. The van der Waals surface area contributed by atoms with Gasteiger partial charge in [-0.05, 0) is 31.5 Å². The third-order valence-electron chi connectivity index (χ3n) is 3.11. The van der Waals surface area contributed by atoms with Crippen molar-refractivity contribution in [2.75, 3.05) is 5.75 Å². The SMILES string of the molecule is CC(C)S(=O)(=O)CC(=O)NC(CC(=O)O)c1ccc(Cl)c(F)c1. The van der Waals surface area contributed by atoms with Gasteiger partial charge < -0.3 is 10.4 Å². The van der Waals surface area contributed by atoms with Crippen LogP contribution in [0.25, 0.3) is 0 Å². The van der Waals surface area contributed by atoms with Crippen molar-refractivity contribution in [3.8, 4) is 0 Å². The minimum atomic E-state index is -3.62. The molecule has 1 unspecified atom stereocenters. The molecule has 1 amide bonds. The molecule has 6 nitrogen and oxygen atoms in total. The highest BCUT2D eigenvalue weighted by Crippen LogP contribution is 2.22. The second-order valence-electron chi connectivity index (χ2n) is 5.25. The van der Waals surface area contributed by atoms with E-state index in [-0.39, 0.29) is 10.6 Å². The number of nitrogens with one attached hydrogen (secondary N) is 1. The van der Waals surface area contributed by atoms with E-state index >= 15 is 0 Å². The van der Waals surface area contributed by atoms with Crippen LogP contribution in [0.5, 0.6) is 0 Å². The second kappa shape index (κ2) is 7.74. The predicted molar refractivity (Wildman–Crippen MR) is 83.5 cm³/mol. The molecule has 1 rings (SSSR count). The minimum Gasteiger partial charge on any atom is -0.481 e. The fourth-order valence-corrected chi connectivity index (χ4v) is 2.64. The number of benzene rings is 1. The first kappa shape index (κ1) is 19.4. The van der Waals surface area contributed by atoms with Crippen molar-refractivity contribution >= 4 is 33.3 Å². The molecule has 0 fully saturated rings. The van der Waals surface area contributed by atoms with Crippen LogP contribution >= 0.6 is 11.6 Å². The standard InChI is InChI=1S/C14H17ClFNO5S/c1-8(2)23(21,22)7-13(18)17-12(6-14(19)20)9-3-4-10(15)11(16)5-9/h3-5,8,12H,6-7H2,1-2H3,(H,17,18)(H,19,20). The van der Waals surface area contributed by atoms with E-state index in [1.54, 1.807) is 0 Å². The van der Waals surface area contributed by atoms with E-state index in [2.05, 4.69) is 5.32 Å². The van der Waals surface area contributed by atoms with Crippen LogP contribution in [0.1, 0.15) is 31.9 Å². The van der Waals surface area contributed by atoms with E-state index in [9.17, 15) is 22.4 Å². The van der Waals surface area contributed by atoms with E-state index in [0.29, 0.717) is 0 Å². The Bertz CT molecular complexity index is 705. The molecule has 0 radical (unpaired) electrons. The number of carboxylic acids is 1. The summed E-state index contributed by atoms with van der Waals surface area (Å²) < 4.78 is 37.0. The van der Waals surface area contributed by atoms with Crippen LogP contribution in [-0.4, -0.2) is 36.4 Å². The molecule has 0 heterocycles. The number of aliphatic carboxylic acids is 1. The van der Waals surface area contributed by atoms with Gasteiger partial charge in [-0.2, -0.15) is 0 Å². The van der Waals surface area contributed by atoms with Crippen LogP contribution in [-0.2, 0) is 19.4 Å². The van der Waals surface area contributed by atoms with Gasteiger partial charge in [-0.3, -0.25) is 9.59 Å². The largest absolute Gasteiger partial charge is 0.481 e. The fraction of sp³-hybridized carbons (Fsp3) is 0.429. The van der Waals surface area contributed by atoms with Crippen LogP contribution in [0.4, 0.5) is 4.39 Å². The first-order valence-electron chi connectivity index (χ1n) is 6.70. The number of halogens is 2. The molecule has 0 spiro atoms. The summed E-state index contributed by atoms with van der Waals surface area (Å²) in [6.45, 7) is 2.87. The molecule has 1 aromatic carbocycles. The number of carbonyl (C=O) groups excluding carboxylic acids is 1. The van der Waals surface area contributed by atoms with Gasteiger partial charge >= 0.3 is 5.97 Å². The smallest absolute Gasteiger partial charge is 0.305 e. The van der Waals surface area contributed by atoms with Gasteiger partial charge in [0, 0.05) is 0 Å². The predicted octanol–water partition coefficient (Wildman–Crippen LogP) is 1.93. The average molecular weight is 366 g/mol. The number of rotatable bonds is 7. The highest BCUT2D eigenvalue weighted by Gasteiger charge is 2.24. The number of hydrogen-bond donors (Lipinski definition) is 2. The fourth-order valence-electron chi connectivity index (χ4n) is 1.74. The summed E-state index contributed by atoms with van der Waals surface area (Å²) in [6.07, 6.45) is -0.519. The van der Waals surface area contributed by atoms with Crippen LogP contribution < -0.4 is 5.32 Å². The van der Waals surface area contributed by atoms with Gasteiger partial charge in [0.15, 0.2) is 9.84 Å². The van der Waals surface area contributed by atoms with Crippen LogP contribution in [0.2, 0.25) is 5.02 Å². The molecule has 23 heavy (non-hydrogen) atoms. The summed E-state index contributed by atoms with van der Waals surface area (Å²) >= 11 is 5.56. The Balaban J connectivity index is 2.97. The van der Waals surface area contributed by atoms with Crippen molar-refractivity contribution in [3.05, 3.63) is 34.6 Å². The summed E-state index contributed by atoms with van der Waals surface area (Å²) in [5.74, 6) is -3.60. The molecule has 0 saturated carbocycles. The molecule has 0 bridgehead atoms. The number of sulfone groups is 1. The molecule has 9 heteroatoms. The van der Waals surface area contributed by atoms with Crippen molar-refractivity contribution in [2.24, 2.45) is 0 Å². The number of hydrogen-bond acceptors (Lipinski definition) is 4. The quantitative estimate of drug-likeness (QED) is 0.769. The highest BCUT2D eigenvalue weighted by molar-refractivity contribution is 7.92. The Morgan fingerprint density at radius 1 is 1.35 bits per heavy atom. The summed E-state index contributed by atoms with van der Waals surface area (Å²) in [5, 5.41) is 10.3. The molecule has 0 aliphatic rings. The first-order chi connectivity index (χ1) is 10.5. The van der Waals surface area contributed by atoms with Gasteiger partial charge in [-0.1, -0.05) is 17.7 Å². The number of amides is 1. The van der Waals surface area contributed by atoms with Gasteiger partial charge in [0.05, 0.1) is 22.7 Å². The Hall–Kier alpha value is -1.67. The Morgan fingerprint density at radius 2 is 1.96 bits per heavy atom. The Labute approximate surface area is 138 Å². The van der Waals surface area contributed by atoms with Crippen molar-refractivity contribution < 1.29 is 27.5 Å². The number of carboxylic acid groups (broad SMARTS) is 1. The lowest BCUT2D eigenvalue weighted by Crippen LogP contribution is -2.36. The highest BCUT2D eigenvalue weighted by atomic mass is 35.5. The van der Waals surface area contributed by atoms with Gasteiger partial charge in [0.1, 0.15) is 11.6 Å². The van der Waals surface area contributed by atoms with E-state index in [4.69, 9.17) is 16.7 Å². The maximum atomic E-state index is 13.5. The van der Waals surface area contributed by atoms with Crippen molar-refractivity contribution in [1.29, 1.82) is 0 Å². The number of carbonyl (C=O) groups is 2. The van der Waals surface area contributed by atoms with Gasteiger partial charge in [0.25, 0.3) is 0 Å². The van der Waals surface area contributed by atoms with Crippen LogP contribution in [0.15, 0.2) is 18.2 Å². The third-order valence-corrected chi connectivity index (χ3v) is 5.52. The van der Waals surface area contributed by atoms with E-state index < -0.39 is 51.0 Å². The second-order valence-corrected chi connectivity index (χ2v) is 8.21. The van der Waals surface area contributed by atoms with Crippen LogP contribution in [0.3, 0.4) is 0 Å². The lowest BCUT2D eigenvalue weighted by Gasteiger charge is -2.18. The monoisotopic (exact) mass is 365 g/mol. The molecule has 1 aromatic rings. The van der Waals surface area contributed by atoms with Crippen molar-refractivity contribution in [2.45, 2.75) is 31.6 Å². The lowest BCUT2D eigenvalue weighted by molar-refractivity contribution is -0.137. The zero-order valence-electron chi connectivity index (χ0n) is 12.5. The molecule has 1 atom stereocenters. The van der Waals surface area contributed by atoms with Gasteiger partial charge in [-0.15, -0.1) is 0 Å². The first-order valence-corrected chi connectivity index (χ1v) is 8.80. The Morgan fingerprint density at radius 3 is 2.43 bits per heavy atom. The summed E-state index contributed by atoms with van der Waals surface area (Å²) in [6, 6.07) is 2.55. The molecular weight excluding hydrogens is 349 g/mol. The lowest BCUT2D eigenvalue weighted by atomic mass is 10.0. The van der Waals surface area contributed by atoms with E-state index in [0.717, 1.165) is 6.07 Å². The maximum absolute atomic E-state index is 13.5. The maximum Gasteiger partial charge on any atom is 0.305 e. The normalized spacial score (nSPS) is 12.9. The Kier molecular flexibility index (Phi) is 6.52. The third kappa shape index (κ3) is 5.80. The zero-order chi connectivity index (χ0) is 17.8. The molecule has 128 valence electrons. The molecule has 0 aliphatic heterocycles. The van der Waals surface area contributed by atoms with Gasteiger partial charge in [0.2, 0.25) is 5.91 Å². The molecular formula is C14H17ClFNO5S. The average Bonchev–Trinajstić information content (AvgIpc) is 2.39. The summed E-state index contributed by atoms with van der Waals surface area (Å²) in [4.78, 5) is 22.8. The van der Waals surface area contributed by atoms with E-state index in [1.165, 1.54) is 26.0 Å². The molecule has 0 aromatic heterocycles. The minimum absolute atomic E-state index is 0.142. The molecule has 0 aliphatic carbocycles. The summed E-state index contributed by atoms with van der Waals surface area (Å²) in [5.41, 5.74) is 0.185.